The van der Waals surface area contributed by atoms with Crippen LogP contribution in [0.1, 0.15) is 43.0 Å². The largest absolute Gasteiger partial charge is 0.372 e. The zero-order valence-electron chi connectivity index (χ0n) is 12.3. The fraction of sp³-hybridized carbons (Fsp3) is 0.571. The summed E-state index contributed by atoms with van der Waals surface area (Å²) in [5, 5.41) is 13.7. The van der Waals surface area contributed by atoms with E-state index in [1.807, 2.05) is 6.92 Å². The molecule has 0 aliphatic heterocycles. The molecule has 1 saturated carbocycles. The predicted molar refractivity (Wildman–Crippen MR) is 79.4 cm³/mol. The van der Waals surface area contributed by atoms with Crippen molar-refractivity contribution in [3.05, 3.63) is 27.9 Å². The zero-order valence-corrected chi connectivity index (χ0v) is 12.3. The highest BCUT2D eigenvalue weighted by atomic mass is 16.6. The lowest BCUT2D eigenvalue weighted by atomic mass is 10.1. The number of nitro groups is 1. The molecule has 1 aliphatic rings. The molecule has 0 aromatic carbocycles. The van der Waals surface area contributed by atoms with Crippen molar-refractivity contribution < 1.29 is 9.72 Å². The highest BCUT2D eigenvalue weighted by molar-refractivity contribution is 5.99. The first-order valence-corrected chi connectivity index (χ1v) is 7.21. The van der Waals surface area contributed by atoms with E-state index in [9.17, 15) is 14.9 Å². The molecule has 7 nitrogen and oxygen atoms in total. The summed E-state index contributed by atoms with van der Waals surface area (Å²) in [6, 6.07) is 1.53. The molecule has 7 heteroatoms. The van der Waals surface area contributed by atoms with E-state index < -0.39 is 4.92 Å². The van der Waals surface area contributed by atoms with Gasteiger partial charge in [-0.2, -0.15) is 0 Å². The second kappa shape index (κ2) is 6.51. The average molecular weight is 292 g/mol. The molecule has 1 fully saturated rings. The Labute approximate surface area is 123 Å². The van der Waals surface area contributed by atoms with E-state index in [2.05, 4.69) is 10.3 Å². The predicted octanol–water partition coefficient (Wildman–Crippen LogP) is 2.44. The van der Waals surface area contributed by atoms with Crippen LogP contribution in [-0.2, 0) is 0 Å². The molecule has 0 spiro atoms. The van der Waals surface area contributed by atoms with E-state index in [4.69, 9.17) is 0 Å². The molecular formula is C14H20N4O3. The van der Waals surface area contributed by atoms with Gasteiger partial charge in [0.25, 0.3) is 11.6 Å². The lowest BCUT2D eigenvalue weighted by molar-refractivity contribution is -0.385. The number of hydrogen-bond acceptors (Lipinski definition) is 5. The van der Waals surface area contributed by atoms with Gasteiger partial charge in [0.15, 0.2) is 0 Å². The first-order valence-electron chi connectivity index (χ1n) is 7.21. The van der Waals surface area contributed by atoms with E-state index >= 15 is 0 Å². The second-order valence-corrected chi connectivity index (χ2v) is 5.13. The summed E-state index contributed by atoms with van der Waals surface area (Å²) in [5.74, 6) is 0.187. The lowest BCUT2D eigenvalue weighted by Crippen LogP contribution is -2.39. The molecule has 2 rings (SSSR count). The van der Waals surface area contributed by atoms with Crippen LogP contribution in [-0.4, -0.2) is 40.3 Å². The van der Waals surface area contributed by atoms with Crippen LogP contribution in [0.5, 0.6) is 0 Å². The van der Waals surface area contributed by atoms with E-state index in [1.54, 1.807) is 11.9 Å². The molecule has 1 N–H and O–H groups in total. The summed E-state index contributed by atoms with van der Waals surface area (Å²) in [5.41, 5.74) is 0.0975. The number of amides is 1. The van der Waals surface area contributed by atoms with Crippen LogP contribution in [0.15, 0.2) is 12.3 Å². The van der Waals surface area contributed by atoms with Crippen molar-refractivity contribution in [3.8, 4) is 0 Å². The lowest BCUT2D eigenvalue weighted by Gasteiger charge is -2.28. The molecule has 1 aromatic rings. The van der Waals surface area contributed by atoms with Crippen LogP contribution in [0.25, 0.3) is 0 Å². The molecule has 0 radical (unpaired) electrons. The second-order valence-electron chi connectivity index (χ2n) is 5.13. The monoisotopic (exact) mass is 292 g/mol. The Bertz CT molecular complexity index is 541. The molecule has 0 unspecified atom stereocenters. The van der Waals surface area contributed by atoms with Gasteiger partial charge in [-0.25, -0.2) is 4.98 Å². The fourth-order valence-corrected chi connectivity index (χ4v) is 2.85. The van der Waals surface area contributed by atoms with Crippen LogP contribution >= 0.6 is 0 Å². The van der Waals surface area contributed by atoms with Crippen LogP contribution < -0.4 is 5.32 Å². The number of nitrogens with zero attached hydrogens (tertiary/aromatic N) is 3. The fourth-order valence-electron chi connectivity index (χ4n) is 2.85. The van der Waals surface area contributed by atoms with Crippen molar-refractivity contribution in [1.29, 1.82) is 0 Å². The minimum absolute atomic E-state index is 0.167. The number of carbonyl (C=O) groups is 1. The Morgan fingerprint density at radius 1 is 1.52 bits per heavy atom. The number of anilines is 1. The Hall–Kier alpha value is -2.18. The molecule has 1 aromatic heterocycles. The Morgan fingerprint density at radius 2 is 2.19 bits per heavy atom. The van der Waals surface area contributed by atoms with Gasteiger partial charge in [0.1, 0.15) is 12.0 Å². The molecule has 21 heavy (non-hydrogen) atoms. The third kappa shape index (κ3) is 3.12. The molecular weight excluding hydrogens is 272 g/mol. The van der Waals surface area contributed by atoms with Gasteiger partial charge in [0.05, 0.1) is 10.5 Å². The molecule has 1 aliphatic carbocycles. The summed E-state index contributed by atoms with van der Waals surface area (Å²) in [6.07, 6.45) is 5.41. The van der Waals surface area contributed by atoms with Gasteiger partial charge >= 0.3 is 0 Å². The number of rotatable bonds is 5. The number of carbonyl (C=O) groups excluding carboxylic acids is 1. The van der Waals surface area contributed by atoms with E-state index in [-0.39, 0.29) is 23.2 Å². The molecule has 1 amide bonds. The maximum absolute atomic E-state index is 12.7. The van der Waals surface area contributed by atoms with Crippen LogP contribution in [0.3, 0.4) is 0 Å². The summed E-state index contributed by atoms with van der Waals surface area (Å²) in [4.78, 5) is 28.9. The van der Waals surface area contributed by atoms with Crippen molar-refractivity contribution in [3.63, 3.8) is 0 Å². The Balaban J connectivity index is 2.35. The van der Waals surface area contributed by atoms with E-state index in [1.165, 1.54) is 6.07 Å². The topological polar surface area (TPSA) is 88.4 Å². The first-order chi connectivity index (χ1) is 10.1. The van der Waals surface area contributed by atoms with Crippen molar-refractivity contribution in [2.75, 3.05) is 18.9 Å². The summed E-state index contributed by atoms with van der Waals surface area (Å²) in [7, 11) is 1.65. The quantitative estimate of drug-likeness (QED) is 0.665. The van der Waals surface area contributed by atoms with Crippen molar-refractivity contribution in [1.82, 2.24) is 9.88 Å². The number of nitrogens with one attached hydrogen (secondary N) is 1. The third-order valence-electron chi connectivity index (χ3n) is 3.92. The molecule has 1 heterocycles. The first kappa shape index (κ1) is 15.2. The van der Waals surface area contributed by atoms with Gasteiger partial charge in [-0.1, -0.05) is 12.8 Å². The van der Waals surface area contributed by atoms with E-state index in [0.29, 0.717) is 12.4 Å². The standard InChI is InChI=1S/C14H20N4O3/c1-3-17(10-6-4-5-7-10)14(19)12-8-11(18(20)21)9-16-13(12)15-2/h8-10H,3-7H2,1-2H3,(H,15,16). The van der Waals surface area contributed by atoms with Gasteiger partial charge in [-0.3, -0.25) is 14.9 Å². The molecule has 0 atom stereocenters. The van der Waals surface area contributed by atoms with Crippen molar-refractivity contribution in [2.24, 2.45) is 0 Å². The van der Waals surface area contributed by atoms with Crippen LogP contribution in [0, 0.1) is 10.1 Å². The SMILES string of the molecule is CCN(C(=O)c1cc([N+](=O)[O-])cnc1NC)C1CCCC1. The molecule has 0 saturated heterocycles. The zero-order chi connectivity index (χ0) is 15.4. The molecule has 114 valence electrons. The Kier molecular flexibility index (Phi) is 4.72. The van der Waals surface area contributed by atoms with Crippen LogP contribution in [0.4, 0.5) is 11.5 Å². The highest BCUT2D eigenvalue weighted by Crippen LogP contribution is 2.27. The maximum atomic E-state index is 12.7. The van der Waals surface area contributed by atoms with Gasteiger partial charge in [0, 0.05) is 25.7 Å². The molecule has 0 bridgehead atoms. The highest BCUT2D eigenvalue weighted by Gasteiger charge is 2.28. The van der Waals surface area contributed by atoms with E-state index in [0.717, 1.165) is 31.9 Å². The normalized spacial score (nSPS) is 15.0. The number of pyridine rings is 1. The van der Waals surface area contributed by atoms with Gasteiger partial charge in [0.2, 0.25) is 0 Å². The summed E-state index contributed by atoms with van der Waals surface area (Å²) >= 11 is 0. The third-order valence-corrected chi connectivity index (χ3v) is 3.92. The Morgan fingerprint density at radius 3 is 2.71 bits per heavy atom. The minimum atomic E-state index is -0.533. The minimum Gasteiger partial charge on any atom is -0.372 e. The summed E-state index contributed by atoms with van der Waals surface area (Å²) in [6.45, 7) is 2.52. The number of aromatic nitrogens is 1. The summed E-state index contributed by atoms with van der Waals surface area (Å²) < 4.78 is 0. The van der Waals surface area contributed by atoms with Gasteiger partial charge < -0.3 is 10.2 Å². The number of hydrogen-bond donors (Lipinski definition) is 1. The van der Waals surface area contributed by atoms with Crippen LogP contribution in [0.2, 0.25) is 0 Å². The smallest absolute Gasteiger partial charge is 0.288 e. The van der Waals surface area contributed by atoms with Gasteiger partial charge in [-0.05, 0) is 19.8 Å². The van der Waals surface area contributed by atoms with Crippen molar-refractivity contribution in [2.45, 2.75) is 38.6 Å². The average Bonchev–Trinajstić information content (AvgIpc) is 3.01. The van der Waals surface area contributed by atoms with Crippen molar-refractivity contribution >= 4 is 17.4 Å². The maximum Gasteiger partial charge on any atom is 0.288 e. The van der Waals surface area contributed by atoms with Gasteiger partial charge in [-0.15, -0.1) is 0 Å².